The number of rotatable bonds is 27. The van der Waals surface area contributed by atoms with Gasteiger partial charge in [0.25, 0.3) is 0 Å². The van der Waals surface area contributed by atoms with Gasteiger partial charge in [0, 0.05) is 0 Å². The summed E-state index contributed by atoms with van der Waals surface area (Å²) < 4.78 is 15.1. The third kappa shape index (κ3) is 23.1. The summed E-state index contributed by atoms with van der Waals surface area (Å²) in [5, 5.41) is 0. The zero-order chi connectivity index (χ0) is 27.5. The van der Waals surface area contributed by atoms with Crippen LogP contribution in [-0.4, -0.2) is 37.3 Å². The van der Waals surface area contributed by atoms with Crippen molar-refractivity contribution in [3.63, 3.8) is 0 Å². The molecule has 0 aromatic carbocycles. The van der Waals surface area contributed by atoms with E-state index in [1.54, 1.807) is 0 Å². The Balaban J connectivity index is 5.20. The zero-order valence-corrected chi connectivity index (χ0v) is 28.1. The summed E-state index contributed by atoms with van der Waals surface area (Å²) in [6, 6.07) is 0. The average Bonchev–Trinajstić information content (AvgIpc) is 2.89. The number of unbranched alkanes of at least 4 members (excludes halogenated alkanes) is 16. The number of carbonyl (C=O) groups is 2. The first-order chi connectivity index (χ1) is 18.0. The topological polar surface area (TPSA) is 52.6 Å². The van der Waals surface area contributed by atoms with Gasteiger partial charge in [-0.05, 0) is 0 Å². The molecule has 0 saturated carbocycles. The molecule has 0 atom stereocenters. The molecule has 37 heavy (non-hydrogen) atoms. The third-order valence-corrected chi connectivity index (χ3v) is 20.0. The molecule has 0 aromatic heterocycles. The van der Waals surface area contributed by atoms with Gasteiger partial charge in [0.05, 0.1) is 0 Å². The summed E-state index contributed by atoms with van der Waals surface area (Å²) in [4.78, 5) is 24.9. The van der Waals surface area contributed by atoms with E-state index < -0.39 is 24.8 Å². The van der Waals surface area contributed by atoms with Crippen LogP contribution in [0.3, 0.4) is 0 Å². The van der Waals surface area contributed by atoms with Gasteiger partial charge < -0.3 is 0 Å². The molecule has 0 aliphatic carbocycles. The van der Waals surface area contributed by atoms with Crippen LogP contribution in [0.2, 0.25) is 13.3 Å². The van der Waals surface area contributed by atoms with Crippen LogP contribution in [-0.2, 0) is 17.4 Å². The van der Waals surface area contributed by atoms with E-state index >= 15 is 0 Å². The summed E-state index contributed by atoms with van der Waals surface area (Å²) >= 11 is -3.15. The fraction of sp³-hybridized carbons (Fsp3) is 0.875. The first kappa shape index (κ1) is 36.5. The molecule has 0 heterocycles. The number of hydrogen-bond donors (Lipinski definition) is 0. The molecule has 0 aliphatic heterocycles. The molecule has 0 rings (SSSR count). The van der Waals surface area contributed by atoms with Crippen LogP contribution >= 0.6 is 0 Å². The first-order valence-corrected chi connectivity index (χ1v) is 23.3. The standard InChI is InChI=1S/C8H12O4.3C8H17.Sn/c1-2-3-6-12-8(11)5-4-7(9)10;3*1-3-5-7-8-6-4-2;/h4-5H,2-3,6H2,1H3,(H,9,10);3*1,3-8H2,2H3;/q;;;;+1/p-1/b5-4-;;;;. The van der Waals surface area contributed by atoms with Crippen molar-refractivity contribution in [2.45, 2.75) is 169 Å². The molecule has 0 spiro atoms. The molecule has 0 amide bonds. The average molecular weight is 630 g/mol. The van der Waals surface area contributed by atoms with E-state index in [0.29, 0.717) is 6.61 Å². The molecular formula is C32H62O4Sn. The van der Waals surface area contributed by atoms with Crippen molar-refractivity contribution in [2.24, 2.45) is 0 Å². The molecule has 0 unspecified atom stereocenters. The summed E-state index contributed by atoms with van der Waals surface area (Å²) in [5.41, 5.74) is 0. The van der Waals surface area contributed by atoms with Gasteiger partial charge in [0.15, 0.2) is 0 Å². The Labute approximate surface area is 235 Å². The third-order valence-electron chi connectivity index (χ3n) is 7.37. The Morgan fingerprint density at radius 2 is 0.838 bits per heavy atom. The molecule has 0 fully saturated rings. The molecule has 0 N–H and O–H groups in total. The number of hydrogen-bond acceptors (Lipinski definition) is 4. The summed E-state index contributed by atoms with van der Waals surface area (Å²) in [5.74, 6) is -0.736. The van der Waals surface area contributed by atoms with Crippen LogP contribution in [0.1, 0.15) is 156 Å². The number of esters is 1. The predicted molar refractivity (Wildman–Crippen MR) is 161 cm³/mol. The van der Waals surface area contributed by atoms with Gasteiger partial charge in [0.1, 0.15) is 0 Å². The quantitative estimate of drug-likeness (QED) is 0.0393. The van der Waals surface area contributed by atoms with Crippen LogP contribution in [0.25, 0.3) is 0 Å². The van der Waals surface area contributed by atoms with Crippen molar-refractivity contribution in [1.82, 2.24) is 0 Å². The van der Waals surface area contributed by atoms with E-state index in [-0.39, 0.29) is 5.97 Å². The fourth-order valence-electron chi connectivity index (χ4n) is 4.96. The Bertz CT molecular complexity index is 520. The van der Waals surface area contributed by atoms with E-state index in [9.17, 15) is 9.59 Å². The molecule has 4 nitrogen and oxygen atoms in total. The van der Waals surface area contributed by atoms with Gasteiger partial charge >= 0.3 is 236 Å². The minimum absolute atomic E-state index is 0.300. The van der Waals surface area contributed by atoms with Gasteiger partial charge in [-0.1, -0.05) is 0 Å². The number of carbonyl (C=O) groups excluding carboxylic acids is 2. The Hall–Kier alpha value is -0.521. The van der Waals surface area contributed by atoms with E-state index in [4.69, 9.17) is 7.81 Å². The molecular weight excluding hydrogens is 567 g/mol. The van der Waals surface area contributed by atoms with Crippen LogP contribution < -0.4 is 0 Å². The second-order valence-electron chi connectivity index (χ2n) is 11.0. The van der Waals surface area contributed by atoms with E-state index in [2.05, 4.69) is 27.7 Å². The fourth-order valence-corrected chi connectivity index (χ4v) is 17.0. The van der Waals surface area contributed by atoms with Gasteiger partial charge in [-0.15, -0.1) is 0 Å². The molecule has 0 bridgehead atoms. The Morgan fingerprint density at radius 1 is 0.486 bits per heavy atom. The van der Waals surface area contributed by atoms with Gasteiger partial charge in [-0.3, -0.25) is 0 Å². The van der Waals surface area contributed by atoms with E-state index in [1.807, 2.05) is 0 Å². The van der Waals surface area contributed by atoms with Crippen LogP contribution in [0.4, 0.5) is 0 Å². The van der Waals surface area contributed by atoms with Crippen molar-refractivity contribution in [2.75, 3.05) is 6.61 Å². The summed E-state index contributed by atoms with van der Waals surface area (Å²) in [6.07, 6.45) is 27.4. The zero-order valence-electron chi connectivity index (χ0n) is 25.3. The minimum atomic E-state index is -3.15. The van der Waals surface area contributed by atoms with Crippen molar-refractivity contribution >= 4 is 30.7 Å². The first-order valence-electron chi connectivity index (χ1n) is 16.1. The van der Waals surface area contributed by atoms with Crippen molar-refractivity contribution in [3.05, 3.63) is 12.2 Å². The van der Waals surface area contributed by atoms with Crippen LogP contribution in [0.5, 0.6) is 0 Å². The maximum absolute atomic E-state index is 13.0. The molecule has 218 valence electrons. The second kappa shape index (κ2) is 27.1. The monoisotopic (exact) mass is 630 g/mol. The second-order valence-corrected chi connectivity index (χ2v) is 22.6. The van der Waals surface area contributed by atoms with Crippen molar-refractivity contribution < 1.29 is 17.4 Å². The SMILES string of the molecule is CCCCCCC[CH2][Sn]([CH2]CCCCCCC)([CH2]CCCCCCC)[O]C(=O)/C=C\C(=O)OCCCC. The van der Waals surface area contributed by atoms with Crippen LogP contribution in [0, 0.1) is 0 Å². The predicted octanol–water partition coefficient (Wildman–Crippen LogP) is 10.5. The molecule has 0 radical (unpaired) electrons. The maximum atomic E-state index is 13.0. The van der Waals surface area contributed by atoms with Gasteiger partial charge in [0.2, 0.25) is 0 Å². The normalized spacial score (nSPS) is 11.8. The summed E-state index contributed by atoms with van der Waals surface area (Å²) in [6.45, 7) is 9.25. The van der Waals surface area contributed by atoms with Crippen molar-refractivity contribution in [3.8, 4) is 0 Å². The molecule has 5 heteroatoms. The van der Waals surface area contributed by atoms with Crippen molar-refractivity contribution in [1.29, 1.82) is 0 Å². The molecule has 0 saturated heterocycles. The van der Waals surface area contributed by atoms with E-state index in [0.717, 1.165) is 26.2 Å². The number of ether oxygens (including phenoxy) is 1. The van der Waals surface area contributed by atoms with Gasteiger partial charge in [-0.2, -0.15) is 0 Å². The summed E-state index contributed by atoms with van der Waals surface area (Å²) in [7, 11) is 0. The van der Waals surface area contributed by atoms with E-state index in [1.165, 1.54) is 128 Å². The van der Waals surface area contributed by atoms with Gasteiger partial charge in [-0.25, -0.2) is 0 Å². The Morgan fingerprint density at radius 3 is 1.24 bits per heavy atom. The van der Waals surface area contributed by atoms with Crippen LogP contribution in [0.15, 0.2) is 12.2 Å². The molecule has 0 aliphatic rings. The molecule has 0 aromatic rings. The Kier molecular flexibility index (Phi) is 26.7.